The van der Waals surface area contributed by atoms with E-state index in [4.69, 9.17) is 4.74 Å². The molecule has 8 nitrogen and oxygen atoms in total. The molecule has 158 valence electrons. The highest BCUT2D eigenvalue weighted by atomic mass is 19.1. The molecular formula is C21H17F2N5O3. The smallest absolute Gasteiger partial charge is 0.276 e. The van der Waals surface area contributed by atoms with E-state index in [1.165, 1.54) is 19.2 Å². The van der Waals surface area contributed by atoms with Crippen molar-refractivity contribution < 1.29 is 18.3 Å². The summed E-state index contributed by atoms with van der Waals surface area (Å²) in [4.78, 5) is 31.6. The number of hydrogen-bond acceptors (Lipinski definition) is 5. The highest BCUT2D eigenvalue weighted by Crippen LogP contribution is 2.25. The molecule has 0 radical (unpaired) electrons. The quantitative estimate of drug-likeness (QED) is 0.495. The van der Waals surface area contributed by atoms with E-state index in [2.05, 4.69) is 20.4 Å². The number of carbonyl (C=O) groups excluding carboxylic acids is 1. The Morgan fingerprint density at radius 3 is 2.81 bits per heavy atom. The average Bonchev–Trinajstić information content (AvgIpc) is 3.18. The number of nitrogens with zero attached hydrogens (tertiary/aromatic N) is 3. The van der Waals surface area contributed by atoms with Crippen LogP contribution in [0.2, 0.25) is 0 Å². The first-order chi connectivity index (χ1) is 14.9. The molecule has 0 aliphatic rings. The Balaban J connectivity index is 1.59. The van der Waals surface area contributed by atoms with Gasteiger partial charge in [0, 0.05) is 18.9 Å². The third kappa shape index (κ3) is 4.33. The van der Waals surface area contributed by atoms with Crippen LogP contribution in [0.15, 0.2) is 53.3 Å². The molecule has 0 saturated carbocycles. The molecule has 2 heterocycles. The molecule has 4 rings (SSSR count). The van der Waals surface area contributed by atoms with Crippen molar-refractivity contribution in [3.8, 4) is 11.4 Å². The molecule has 2 aromatic heterocycles. The van der Waals surface area contributed by atoms with E-state index >= 15 is 0 Å². The van der Waals surface area contributed by atoms with Gasteiger partial charge in [-0.25, -0.2) is 18.4 Å². The minimum atomic E-state index is -0.608. The Labute approximate surface area is 174 Å². The SMILES string of the molecule is COCCn1nc(C(=O)Nc2ccc3nc(-c4cc(F)ccc4F)[nH]c3c2)ccc1=O. The molecule has 0 spiro atoms. The summed E-state index contributed by atoms with van der Waals surface area (Å²) in [5.41, 5.74) is 1.19. The van der Waals surface area contributed by atoms with Gasteiger partial charge in [-0.05, 0) is 42.5 Å². The second-order valence-corrected chi connectivity index (χ2v) is 6.67. The monoisotopic (exact) mass is 425 g/mol. The third-order valence-corrected chi connectivity index (χ3v) is 4.53. The maximum absolute atomic E-state index is 14.0. The van der Waals surface area contributed by atoms with E-state index in [1.807, 2.05) is 0 Å². The Morgan fingerprint density at radius 2 is 2.00 bits per heavy atom. The number of methoxy groups -OCH3 is 1. The normalized spacial score (nSPS) is 11.1. The van der Waals surface area contributed by atoms with Gasteiger partial charge in [-0.15, -0.1) is 0 Å². The number of H-pyrrole nitrogens is 1. The summed E-state index contributed by atoms with van der Waals surface area (Å²) in [5.74, 6) is -1.53. The Hall–Kier alpha value is -3.92. The number of halogens is 2. The van der Waals surface area contributed by atoms with Gasteiger partial charge < -0.3 is 15.0 Å². The van der Waals surface area contributed by atoms with Crippen molar-refractivity contribution in [2.24, 2.45) is 0 Å². The van der Waals surface area contributed by atoms with Crippen LogP contribution >= 0.6 is 0 Å². The fraction of sp³-hybridized carbons (Fsp3) is 0.143. The van der Waals surface area contributed by atoms with Crippen LogP contribution < -0.4 is 10.9 Å². The number of benzene rings is 2. The number of fused-ring (bicyclic) bond motifs is 1. The van der Waals surface area contributed by atoms with E-state index in [0.717, 1.165) is 22.9 Å². The summed E-state index contributed by atoms with van der Waals surface area (Å²) in [5, 5.41) is 6.74. The second-order valence-electron chi connectivity index (χ2n) is 6.67. The average molecular weight is 425 g/mol. The van der Waals surface area contributed by atoms with Gasteiger partial charge in [0.2, 0.25) is 0 Å². The first-order valence-corrected chi connectivity index (χ1v) is 9.28. The third-order valence-electron chi connectivity index (χ3n) is 4.53. The number of rotatable bonds is 6. The number of carbonyl (C=O) groups is 1. The maximum atomic E-state index is 14.0. The number of aromatic amines is 1. The highest BCUT2D eigenvalue weighted by Gasteiger charge is 2.14. The second kappa shape index (κ2) is 8.44. The van der Waals surface area contributed by atoms with Gasteiger partial charge in [0.15, 0.2) is 0 Å². The molecule has 4 aromatic rings. The molecule has 0 aliphatic heterocycles. The van der Waals surface area contributed by atoms with Gasteiger partial charge in [-0.2, -0.15) is 5.10 Å². The van der Waals surface area contributed by atoms with Crippen molar-refractivity contribution in [2.45, 2.75) is 6.54 Å². The van der Waals surface area contributed by atoms with Crippen LogP contribution in [-0.4, -0.2) is 39.4 Å². The number of imidazole rings is 1. The fourth-order valence-corrected chi connectivity index (χ4v) is 3.00. The van der Waals surface area contributed by atoms with Crippen LogP contribution in [0, 0.1) is 11.6 Å². The molecule has 2 N–H and O–H groups in total. The number of amides is 1. The maximum Gasteiger partial charge on any atom is 0.276 e. The predicted octanol–water partition coefficient (Wildman–Crippen LogP) is 2.96. The zero-order chi connectivity index (χ0) is 22.0. The summed E-state index contributed by atoms with van der Waals surface area (Å²) in [6, 6.07) is 10.6. The molecule has 0 aliphatic carbocycles. The molecule has 31 heavy (non-hydrogen) atoms. The van der Waals surface area contributed by atoms with Crippen molar-refractivity contribution >= 4 is 22.6 Å². The molecule has 0 saturated heterocycles. The van der Waals surface area contributed by atoms with E-state index in [1.54, 1.807) is 18.2 Å². The zero-order valence-electron chi connectivity index (χ0n) is 16.4. The lowest BCUT2D eigenvalue weighted by Crippen LogP contribution is -2.27. The van der Waals surface area contributed by atoms with E-state index in [9.17, 15) is 18.4 Å². The van der Waals surface area contributed by atoms with Gasteiger partial charge >= 0.3 is 0 Å². The minimum absolute atomic E-state index is 0.00398. The van der Waals surface area contributed by atoms with Gasteiger partial charge in [0.1, 0.15) is 23.2 Å². The van der Waals surface area contributed by atoms with Gasteiger partial charge in [0.25, 0.3) is 11.5 Å². The summed E-state index contributed by atoms with van der Waals surface area (Å²) in [6.07, 6.45) is 0. The molecule has 10 heteroatoms. The molecule has 0 atom stereocenters. The van der Waals surface area contributed by atoms with E-state index in [-0.39, 0.29) is 35.8 Å². The number of nitrogens with one attached hydrogen (secondary N) is 2. The summed E-state index contributed by atoms with van der Waals surface area (Å²) >= 11 is 0. The van der Waals surface area contributed by atoms with Crippen LogP contribution in [0.5, 0.6) is 0 Å². The largest absolute Gasteiger partial charge is 0.383 e. The molecule has 0 unspecified atom stereocenters. The Morgan fingerprint density at radius 1 is 1.16 bits per heavy atom. The zero-order valence-corrected chi connectivity index (χ0v) is 16.4. The minimum Gasteiger partial charge on any atom is -0.383 e. The van der Waals surface area contributed by atoms with Crippen molar-refractivity contribution in [1.29, 1.82) is 0 Å². The van der Waals surface area contributed by atoms with Gasteiger partial charge in [-0.1, -0.05) is 0 Å². The summed E-state index contributed by atoms with van der Waals surface area (Å²) < 4.78 is 33.6. The number of anilines is 1. The van der Waals surface area contributed by atoms with E-state index in [0.29, 0.717) is 16.7 Å². The fourth-order valence-electron chi connectivity index (χ4n) is 3.00. The summed E-state index contributed by atoms with van der Waals surface area (Å²) in [6.45, 7) is 0.499. The topological polar surface area (TPSA) is 102 Å². The standard InChI is InChI=1S/C21H17F2N5O3/c1-31-9-8-28-19(29)7-6-17(27-28)21(30)24-13-3-5-16-18(11-13)26-20(25-16)14-10-12(22)2-4-15(14)23/h2-7,10-11H,8-9H2,1H3,(H,24,30)(H,25,26). The van der Waals surface area contributed by atoms with Gasteiger partial charge in [0.05, 0.1) is 29.7 Å². The predicted molar refractivity (Wildman–Crippen MR) is 110 cm³/mol. The lowest BCUT2D eigenvalue weighted by molar-refractivity contribution is 0.101. The summed E-state index contributed by atoms with van der Waals surface area (Å²) in [7, 11) is 1.50. The molecule has 2 aromatic carbocycles. The van der Waals surface area contributed by atoms with Crippen molar-refractivity contribution in [3.05, 3.63) is 76.2 Å². The molecular weight excluding hydrogens is 408 g/mol. The number of ether oxygens (including phenoxy) is 1. The first-order valence-electron chi connectivity index (χ1n) is 9.28. The highest BCUT2D eigenvalue weighted by molar-refractivity contribution is 6.03. The first kappa shape index (κ1) is 20.4. The molecule has 0 bridgehead atoms. The number of hydrogen-bond donors (Lipinski definition) is 2. The van der Waals surface area contributed by atoms with E-state index < -0.39 is 17.5 Å². The lowest BCUT2D eigenvalue weighted by Gasteiger charge is -2.07. The number of aromatic nitrogens is 4. The Bertz CT molecular complexity index is 1330. The van der Waals surface area contributed by atoms with Gasteiger partial charge in [-0.3, -0.25) is 9.59 Å². The van der Waals surface area contributed by atoms with Crippen molar-refractivity contribution in [1.82, 2.24) is 19.7 Å². The van der Waals surface area contributed by atoms with Crippen LogP contribution in [0.25, 0.3) is 22.4 Å². The van der Waals surface area contributed by atoms with Crippen molar-refractivity contribution in [2.75, 3.05) is 19.0 Å². The van der Waals surface area contributed by atoms with Crippen LogP contribution in [-0.2, 0) is 11.3 Å². The van der Waals surface area contributed by atoms with Crippen LogP contribution in [0.1, 0.15) is 10.5 Å². The molecule has 1 amide bonds. The van der Waals surface area contributed by atoms with Crippen molar-refractivity contribution in [3.63, 3.8) is 0 Å². The molecule has 0 fully saturated rings. The Kier molecular flexibility index (Phi) is 5.54. The lowest BCUT2D eigenvalue weighted by atomic mass is 10.2. The van der Waals surface area contributed by atoms with Crippen LogP contribution in [0.4, 0.5) is 14.5 Å². The van der Waals surface area contributed by atoms with Crippen LogP contribution in [0.3, 0.4) is 0 Å².